The van der Waals surface area contributed by atoms with Crippen molar-refractivity contribution in [2.75, 3.05) is 13.2 Å². The monoisotopic (exact) mass is 124 g/mol. The highest BCUT2D eigenvalue weighted by Gasteiger charge is 1.88. The molecule has 0 radical (unpaired) electrons. The Kier molecular flexibility index (Phi) is 7.78. The Bertz CT molecular complexity index is 65.1. The zero-order chi connectivity index (χ0) is 5.70. The minimum atomic E-state index is -0.948. The van der Waals surface area contributed by atoms with E-state index in [1.54, 1.807) is 0 Å². The van der Waals surface area contributed by atoms with Crippen LogP contribution in [0.3, 0.4) is 0 Å². The molecule has 0 amide bonds. The quantitative estimate of drug-likeness (QED) is 0.384. The van der Waals surface area contributed by atoms with E-state index in [-0.39, 0.29) is 19.4 Å². The van der Waals surface area contributed by atoms with E-state index in [0.717, 1.165) is 0 Å². The summed E-state index contributed by atoms with van der Waals surface area (Å²) in [4.78, 5) is 12.9. The van der Waals surface area contributed by atoms with E-state index >= 15 is 0 Å². The van der Waals surface area contributed by atoms with Crippen molar-refractivity contribution in [3.8, 4) is 0 Å². The Balaban J connectivity index is 0. The average molecular weight is 124 g/mol. The van der Waals surface area contributed by atoms with Crippen LogP contribution in [0.5, 0.6) is 0 Å². The van der Waals surface area contributed by atoms with Gasteiger partial charge in [-0.15, -0.1) is 10.1 Å². The van der Waals surface area contributed by atoms with Gasteiger partial charge in [0, 0.05) is 0 Å². The minimum Gasteiger partial charge on any atom is -0.394 e. The molecule has 0 saturated heterocycles. The number of rotatable bonds is 3. The first kappa shape index (κ1) is 10.2. The van der Waals surface area contributed by atoms with Gasteiger partial charge in [-0.1, -0.05) is 0 Å². The molecule has 0 rings (SSSR count). The van der Waals surface area contributed by atoms with Gasteiger partial charge in [-0.25, -0.2) is 0 Å². The van der Waals surface area contributed by atoms with E-state index in [9.17, 15) is 10.1 Å². The topological polar surface area (TPSA) is 108 Å². The molecule has 0 fully saturated rings. The lowest BCUT2D eigenvalue weighted by Gasteiger charge is -1.88. The molecular weight excluding hydrogens is 116 g/mol. The summed E-state index contributed by atoms with van der Waals surface area (Å²) in [7, 11) is 0. The minimum absolute atomic E-state index is 0. The van der Waals surface area contributed by atoms with Gasteiger partial charge < -0.3 is 16.1 Å². The first-order valence-electron chi connectivity index (χ1n) is 1.65. The zero-order valence-electron chi connectivity index (χ0n) is 4.24. The van der Waals surface area contributed by atoms with Crippen molar-refractivity contribution >= 4 is 0 Å². The molecule has 0 aromatic heterocycles. The molecule has 0 heterocycles. The van der Waals surface area contributed by atoms with Gasteiger partial charge in [0.25, 0.3) is 5.09 Å². The second kappa shape index (κ2) is 6.12. The third-order valence-electron chi connectivity index (χ3n) is 0.288. The highest BCUT2D eigenvalue weighted by atomic mass is 16.9. The molecule has 4 N–H and O–H groups in total. The first-order valence-corrected chi connectivity index (χ1v) is 1.65. The van der Waals surface area contributed by atoms with Crippen LogP contribution in [-0.4, -0.2) is 23.4 Å². The number of nitrogens with zero attached hydrogens (tertiary/aromatic N) is 1. The van der Waals surface area contributed by atoms with Crippen molar-refractivity contribution in [1.29, 1.82) is 0 Å². The molecule has 50 valence electrons. The molecule has 0 aliphatic carbocycles. The normalized spacial score (nSPS) is 7.12. The fourth-order valence-corrected chi connectivity index (χ4v) is 0.115. The number of hydrogen-bond acceptors (Lipinski definition) is 5. The largest absolute Gasteiger partial charge is 0.394 e. The van der Waals surface area contributed by atoms with Gasteiger partial charge in [-0.05, 0) is 0 Å². The highest BCUT2D eigenvalue weighted by molar-refractivity contribution is 4.11. The van der Waals surface area contributed by atoms with Crippen LogP contribution in [0.25, 0.3) is 0 Å². The van der Waals surface area contributed by atoms with E-state index in [2.05, 4.69) is 4.84 Å². The van der Waals surface area contributed by atoms with Crippen LogP contribution in [0, 0.1) is 10.1 Å². The Morgan fingerprint density at radius 1 is 1.75 bits per heavy atom. The van der Waals surface area contributed by atoms with E-state index in [1.165, 1.54) is 0 Å². The van der Waals surface area contributed by atoms with E-state index in [0.29, 0.717) is 0 Å². The molecule has 0 aliphatic heterocycles. The number of hydrogen-bond donors (Lipinski definition) is 2. The predicted octanol–water partition coefficient (Wildman–Crippen LogP) is -0.651. The number of aliphatic hydroxyl groups is 1. The van der Waals surface area contributed by atoms with Gasteiger partial charge in [-0.2, -0.15) is 0 Å². The van der Waals surface area contributed by atoms with E-state index in [4.69, 9.17) is 5.11 Å². The summed E-state index contributed by atoms with van der Waals surface area (Å²) in [5, 5.41) is 16.2. The van der Waals surface area contributed by atoms with Gasteiger partial charge in [-0.3, -0.25) is 0 Å². The molecule has 0 atom stereocenters. The maximum absolute atomic E-state index is 9.23. The Labute approximate surface area is 45.8 Å². The summed E-state index contributed by atoms with van der Waals surface area (Å²) in [6.45, 7) is -0.562. The SMILES string of the molecule is N.O=[N+]([O-])OCCO. The van der Waals surface area contributed by atoms with Crippen molar-refractivity contribution < 1.29 is 15.0 Å². The van der Waals surface area contributed by atoms with E-state index < -0.39 is 5.09 Å². The van der Waals surface area contributed by atoms with E-state index in [1.807, 2.05) is 0 Å². The van der Waals surface area contributed by atoms with Crippen LogP contribution in [-0.2, 0) is 4.84 Å². The van der Waals surface area contributed by atoms with Gasteiger partial charge in [0.15, 0.2) is 0 Å². The van der Waals surface area contributed by atoms with Crippen LogP contribution in [0.2, 0.25) is 0 Å². The van der Waals surface area contributed by atoms with Crippen LogP contribution < -0.4 is 6.15 Å². The lowest BCUT2D eigenvalue weighted by atomic mass is 10.8. The maximum atomic E-state index is 9.23. The summed E-state index contributed by atoms with van der Waals surface area (Å²) in [5.74, 6) is 0. The zero-order valence-corrected chi connectivity index (χ0v) is 4.24. The molecule has 0 spiro atoms. The molecule has 0 aliphatic rings. The molecule has 6 heteroatoms. The van der Waals surface area contributed by atoms with Crippen molar-refractivity contribution in [3.05, 3.63) is 10.1 Å². The van der Waals surface area contributed by atoms with Gasteiger partial charge in [0.1, 0.15) is 6.61 Å². The fraction of sp³-hybridized carbons (Fsp3) is 1.00. The van der Waals surface area contributed by atoms with Crippen LogP contribution in [0.1, 0.15) is 0 Å². The first-order chi connectivity index (χ1) is 3.27. The third kappa shape index (κ3) is 8.93. The standard InChI is InChI=1S/C2H5NO4.H3N/c4-1-2-7-3(5)6;/h4H,1-2H2;1H3. The molecular formula is C2H8N2O4. The second-order valence-corrected chi connectivity index (χ2v) is 0.780. The summed E-state index contributed by atoms with van der Waals surface area (Å²) < 4.78 is 0. The summed E-state index contributed by atoms with van der Waals surface area (Å²) in [6.07, 6.45) is 0. The molecule has 0 saturated carbocycles. The van der Waals surface area contributed by atoms with Crippen molar-refractivity contribution in [2.45, 2.75) is 0 Å². The van der Waals surface area contributed by atoms with Crippen molar-refractivity contribution in [1.82, 2.24) is 6.15 Å². The van der Waals surface area contributed by atoms with Crippen LogP contribution in [0.15, 0.2) is 0 Å². The average Bonchev–Trinajstić information content (AvgIpc) is 1.61. The second-order valence-electron chi connectivity index (χ2n) is 0.780. The van der Waals surface area contributed by atoms with Crippen molar-refractivity contribution in [2.24, 2.45) is 0 Å². The maximum Gasteiger partial charge on any atom is 0.294 e. The van der Waals surface area contributed by atoms with Gasteiger partial charge in [0.2, 0.25) is 0 Å². The Morgan fingerprint density at radius 3 is 2.38 bits per heavy atom. The van der Waals surface area contributed by atoms with Gasteiger partial charge in [0.05, 0.1) is 6.61 Å². The smallest absolute Gasteiger partial charge is 0.294 e. The number of aliphatic hydroxyl groups excluding tert-OH is 1. The molecule has 8 heavy (non-hydrogen) atoms. The lowest BCUT2D eigenvalue weighted by Crippen LogP contribution is -2.04. The fourth-order valence-electron chi connectivity index (χ4n) is 0.115. The molecule has 0 aromatic rings. The highest BCUT2D eigenvalue weighted by Crippen LogP contribution is 1.69. The lowest BCUT2D eigenvalue weighted by molar-refractivity contribution is -0.758. The molecule has 0 aromatic carbocycles. The van der Waals surface area contributed by atoms with Crippen molar-refractivity contribution in [3.63, 3.8) is 0 Å². The Morgan fingerprint density at radius 2 is 2.25 bits per heavy atom. The van der Waals surface area contributed by atoms with Crippen LogP contribution >= 0.6 is 0 Å². The predicted molar refractivity (Wildman–Crippen MR) is 25.1 cm³/mol. The Hall–Kier alpha value is -0.880. The third-order valence-corrected chi connectivity index (χ3v) is 0.288. The summed E-state index contributed by atoms with van der Waals surface area (Å²) in [5.41, 5.74) is 0. The van der Waals surface area contributed by atoms with Gasteiger partial charge >= 0.3 is 0 Å². The van der Waals surface area contributed by atoms with Crippen LogP contribution in [0.4, 0.5) is 0 Å². The molecule has 0 unspecified atom stereocenters. The summed E-state index contributed by atoms with van der Waals surface area (Å²) in [6, 6.07) is 0. The summed E-state index contributed by atoms with van der Waals surface area (Å²) >= 11 is 0. The molecule has 0 bridgehead atoms. The molecule has 6 nitrogen and oxygen atoms in total.